The van der Waals surface area contributed by atoms with E-state index in [-0.39, 0.29) is 0 Å². The third-order valence-electron chi connectivity index (χ3n) is 7.48. The van der Waals surface area contributed by atoms with Crippen molar-refractivity contribution in [3.8, 4) is 5.75 Å². The molecule has 1 aliphatic heterocycles. The summed E-state index contributed by atoms with van der Waals surface area (Å²) in [6, 6.07) is 28.8. The minimum absolute atomic E-state index is 0.610. The zero-order chi connectivity index (χ0) is 26.0. The van der Waals surface area contributed by atoms with Crippen LogP contribution in [0.15, 0.2) is 78.9 Å². The number of anilines is 1. The monoisotopic (exact) mass is 499 g/mol. The van der Waals surface area contributed by atoms with Gasteiger partial charge in [-0.15, -0.1) is 0 Å². The second-order valence-corrected chi connectivity index (χ2v) is 11.1. The van der Waals surface area contributed by atoms with Crippen molar-refractivity contribution in [2.24, 2.45) is 5.92 Å². The van der Waals surface area contributed by atoms with E-state index in [0.29, 0.717) is 12.6 Å². The van der Waals surface area contributed by atoms with Crippen LogP contribution < -0.4 is 9.64 Å². The number of nitrogens with zero attached hydrogens (tertiary/aromatic N) is 3. The zero-order valence-electron chi connectivity index (χ0n) is 23.3. The molecule has 0 aliphatic carbocycles. The summed E-state index contributed by atoms with van der Waals surface area (Å²) < 4.78 is 6.00. The third-order valence-corrected chi connectivity index (χ3v) is 7.48. The predicted octanol–water partition coefficient (Wildman–Crippen LogP) is 6.84. The highest BCUT2D eigenvalue weighted by molar-refractivity contribution is 5.46. The average Bonchev–Trinajstić information content (AvgIpc) is 2.92. The molecule has 0 N–H and O–H groups in total. The van der Waals surface area contributed by atoms with E-state index in [1.807, 2.05) is 6.07 Å². The van der Waals surface area contributed by atoms with Crippen LogP contribution in [0.3, 0.4) is 0 Å². The van der Waals surface area contributed by atoms with Gasteiger partial charge in [-0.1, -0.05) is 68.4 Å². The Labute approximate surface area is 224 Å². The average molecular weight is 500 g/mol. The standard InChI is InChI=1S/C33H45N3O/c1-27(2)18-23-36(25-29-12-16-33(17-13-29)37-26-30-8-6-5-7-9-30)32-19-21-35(22-20-32)24-28-10-14-31(15-11-28)34(3)4/h5-17,27,32H,18-26H2,1-4H3. The van der Waals surface area contributed by atoms with E-state index in [2.05, 4.69) is 115 Å². The van der Waals surface area contributed by atoms with Gasteiger partial charge in [-0.05, 0) is 85.8 Å². The van der Waals surface area contributed by atoms with Gasteiger partial charge in [0.1, 0.15) is 12.4 Å². The first-order valence-electron chi connectivity index (χ1n) is 13.9. The van der Waals surface area contributed by atoms with E-state index < -0.39 is 0 Å². The second kappa shape index (κ2) is 13.6. The van der Waals surface area contributed by atoms with Crippen LogP contribution in [-0.4, -0.2) is 49.6 Å². The highest BCUT2D eigenvalue weighted by atomic mass is 16.5. The van der Waals surface area contributed by atoms with Gasteiger partial charge in [0.25, 0.3) is 0 Å². The molecule has 1 heterocycles. The molecule has 0 saturated carbocycles. The van der Waals surface area contributed by atoms with Gasteiger partial charge in [-0.25, -0.2) is 0 Å². The molecule has 1 fully saturated rings. The molecule has 37 heavy (non-hydrogen) atoms. The van der Waals surface area contributed by atoms with E-state index in [4.69, 9.17) is 4.74 Å². The molecular weight excluding hydrogens is 454 g/mol. The summed E-state index contributed by atoms with van der Waals surface area (Å²) in [5.74, 6) is 1.66. The van der Waals surface area contributed by atoms with Gasteiger partial charge in [-0.3, -0.25) is 9.80 Å². The number of hydrogen-bond donors (Lipinski definition) is 0. The lowest BCUT2D eigenvalue weighted by atomic mass is 10.00. The second-order valence-electron chi connectivity index (χ2n) is 11.1. The van der Waals surface area contributed by atoms with Crippen molar-refractivity contribution in [1.82, 2.24) is 9.80 Å². The quantitative estimate of drug-likeness (QED) is 0.271. The largest absolute Gasteiger partial charge is 0.489 e. The highest BCUT2D eigenvalue weighted by Crippen LogP contribution is 2.23. The maximum absolute atomic E-state index is 6.00. The van der Waals surface area contributed by atoms with Gasteiger partial charge >= 0.3 is 0 Å². The molecule has 0 bridgehead atoms. The zero-order valence-corrected chi connectivity index (χ0v) is 23.3. The Morgan fingerprint density at radius 3 is 2.08 bits per heavy atom. The lowest BCUT2D eigenvalue weighted by molar-refractivity contribution is 0.0950. The van der Waals surface area contributed by atoms with Crippen LogP contribution in [-0.2, 0) is 19.7 Å². The third kappa shape index (κ3) is 8.62. The summed E-state index contributed by atoms with van der Waals surface area (Å²) in [4.78, 5) is 7.52. The molecule has 0 aromatic heterocycles. The van der Waals surface area contributed by atoms with Crippen molar-refractivity contribution in [1.29, 1.82) is 0 Å². The number of hydrogen-bond acceptors (Lipinski definition) is 4. The van der Waals surface area contributed by atoms with Gasteiger partial charge in [0.2, 0.25) is 0 Å². The molecule has 1 aliphatic rings. The van der Waals surface area contributed by atoms with E-state index in [1.165, 1.54) is 61.3 Å². The molecule has 1 saturated heterocycles. The Hall–Kier alpha value is -2.82. The van der Waals surface area contributed by atoms with Crippen LogP contribution in [0.4, 0.5) is 5.69 Å². The molecule has 0 unspecified atom stereocenters. The molecular formula is C33H45N3O. The maximum atomic E-state index is 6.00. The number of ether oxygens (including phenoxy) is 1. The van der Waals surface area contributed by atoms with Crippen molar-refractivity contribution in [2.45, 2.75) is 58.8 Å². The number of piperidine rings is 1. The molecule has 4 rings (SSSR count). The molecule has 3 aromatic rings. The molecule has 4 nitrogen and oxygen atoms in total. The van der Waals surface area contributed by atoms with E-state index in [9.17, 15) is 0 Å². The molecule has 0 atom stereocenters. The fraction of sp³-hybridized carbons (Fsp3) is 0.455. The summed E-state index contributed by atoms with van der Waals surface area (Å²) >= 11 is 0. The molecule has 0 amide bonds. The minimum atomic E-state index is 0.610. The molecule has 0 spiro atoms. The topological polar surface area (TPSA) is 19.0 Å². The summed E-state index contributed by atoms with van der Waals surface area (Å²) in [6.07, 6.45) is 3.73. The highest BCUT2D eigenvalue weighted by Gasteiger charge is 2.25. The maximum Gasteiger partial charge on any atom is 0.119 e. The van der Waals surface area contributed by atoms with Crippen LogP contribution in [0.25, 0.3) is 0 Å². The normalized spacial score (nSPS) is 14.9. The van der Waals surface area contributed by atoms with Crippen LogP contribution in [0, 0.1) is 5.92 Å². The Morgan fingerprint density at radius 2 is 1.46 bits per heavy atom. The molecule has 4 heteroatoms. The Kier molecular flexibility index (Phi) is 10.0. The van der Waals surface area contributed by atoms with Gasteiger partial charge in [-0.2, -0.15) is 0 Å². The number of likely N-dealkylation sites (tertiary alicyclic amines) is 1. The first-order valence-corrected chi connectivity index (χ1v) is 13.9. The van der Waals surface area contributed by atoms with Crippen molar-refractivity contribution < 1.29 is 4.74 Å². The van der Waals surface area contributed by atoms with Crippen LogP contribution in [0.2, 0.25) is 0 Å². The Bertz CT molecular complexity index is 1040. The minimum Gasteiger partial charge on any atom is -0.489 e. The summed E-state index contributed by atoms with van der Waals surface area (Å²) in [5.41, 5.74) is 5.25. The van der Waals surface area contributed by atoms with Crippen LogP contribution >= 0.6 is 0 Å². The number of rotatable bonds is 12. The van der Waals surface area contributed by atoms with Crippen molar-refractivity contribution in [3.05, 3.63) is 95.6 Å². The van der Waals surface area contributed by atoms with Crippen LogP contribution in [0.5, 0.6) is 5.75 Å². The van der Waals surface area contributed by atoms with E-state index in [1.54, 1.807) is 0 Å². The molecule has 198 valence electrons. The summed E-state index contributed by atoms with van der Waals surface area (Å²) in [5, 5.41) is 0. The first kappa shape index (κ1) is 27.2. The van der Waals surface area contributed by atoms with Gasteiger partial charge < -0.3 is 9.64 Å². The van der Waals surface area contributed by atoms with Crippen molar-refractivity contribution in [3.63, 3.8) is 0 Å². The fourth-order valence-electron chi connectivity index (χ4n) is 5.08. The van der Waals surface area contributed by atoms with Gasteiger partial charge in [0, 0.05) is 38.9 Å². The van der Waals surface area contributed by atoms with Gasteiger partial charge in [0.05, 0.1) is 0 Å². The smallest absolute Gasteiger partial charge is 0.119 e. The molecule has 3 aromatic carbocycles. The molecule has 0 radical (unpaired) electrons. The van der Waals surface area contributed by atoms with Crippen molar-refractivity contribution in [2.75, 3.05) is 38.6 Å². The first-order chi connectivity index (χ1) is 18.0. The van der Waals surface area contributed by atoms with Crippen molar-refractivity contribution >= 4 is 5.69 Å². The van der Waals surface area contributed by atoms with Gasteiger partial charge in [0.15, 0.2) is 0 Å². The summed E-state index contributed by atoms with van der Waals surface area (Å²) in [7, 11) is 4.19. The number of benzene rings is 3. The Morgan fingerprint density at radius 1 is 0.811 bits per heavy atom. The lowest BCUT2D eigenvalue weighted by Gasteiger charge is -2.39. The van der Waals surface area contributed by atoms with E-state index in [0.717, 1.165) is 24.8 Å². The Balaban J connectivity index is 1.30. The fourth-order valence-corrected chi connectivity index (χ4v) is 5.08. The van der Waals surface area contributed by atoms with Crippen LogP contribution in [0.1, 0.15) is 49.8 Å². The SMILES string of the molecule is CC(C)CCN(Cc1ccc(OCc2ccccc2)cc1)C1CCN(Cc2ccc(N(C)C)cc2)CC1. The summed E-state index contributed by atoms with van der Waals surface area (Å²) in [6.45, 7) is 10.9. The lowest BCUT2D eigenvalue weighted by Crippen LogP contribution is -2.44. The predicted molar refractivity (Wildman–Crippen MR) is 156 cm³/mol. The van der Waals surface area contributed by atoms with E-state index >= 15 is 0 Å².